The van der Waals surface area contributed by atoms with Gasteiger partial charge in [0.25, 0.3) is 0 Å². The van der Waals surface area contributed by atoms with Crippen LogP contribution in [0.25, 0.3) is 0 Å². The van der Waals surface area contributed by atoms with Gasteiger partial charge in [-0.1, -0.05) is 48.5 Å². The van der Waals surface area contributed by atoms with E-state index in [-0.39, 0.29) is 24.7 Å². The quantitative estimate of drug-likeness (QED) is 0.417. The molecule has 0 saturated carbocycles. The number of anilines is 1. The number of hydrogen-bond acceptors (Lipinski definition) is 6. The standard InChI is InChI=1S/C27H29NO5S/c1-18(30)28-22-13-11-21(12-14-22)27-32-23(17-34-26-6-4-3-5-24(26)31-2)15-25(33-27)20-9-7-19(16-29)8-10-20/h3-14,23,25,27,29H,15-17H2,1-2H3,(H,28,30). The van der Waals surface area contributed by atoms with Crippen molar-refractivity contribution >= 4 is 23.4 Å². The van der Waals surface area contributed by atoms with E-state index < -0.39 is 6.29 Å². The molecule has 3 unspecified atom stereocenters. The summed E-state index contributed by atoms with van der Waals surface area (Å²) in [4.78, 5) is 12.4. The molecule has 0 bridgehead atoms. The molecule has 3 aromatic rings. The fraction of sp³-hybridized carbons (Fsp3) is 0.296. The van der Waals surface area contributed by atoms with Crippen molar-refractivity contribution in [3.05, 3.63) is 89.5 Å². The van der Waals surface area contributed by atoms with E-state index in [1.54, 1.807) is 18.9 Å². The van der Waals surface area contributed by atoms with E-state index in [9.17, 15) is 9.90 Å². The minimum atomic E-state index is -0.536. The lowest BCUT2D eigenvalue weighted by Crippen LogP contribution is -2.31. The molecule has 1 aliphatic rings. The predicted molar refractivity (Wildman–Crippen MR) is 133 cm³/mol. The highest BCUT2D eigenvalue weighted by Crippen LogP contribution is 2.40. The fourth-order valence-corrected chi connectivity index (χ4v) is 4.92. The topological polar surface area (TPSA) is 77.0 Å². The third-order valence-corrected chi connectivity index (χ3v) is 6.80. The van der Waals surface area contributed by atoms with E-state index in [2.05, 4.69) is 5.32 Å². The summed E-state index contributed by atoms with van der Waals surface area (Å²) >= 11 is 1.70. The van der Waals surface area contributed by atoms with E-state index in [4.69, 9.17) is 14.2 Å². The minimum absolute atomic E-state index is 0.0103. The van der Waals surface area contributed by atoms with Gasteiger partial charge in [-0.15, -0.1) is 11.8 Å². The third kappa shape index (κ3) is 6.18. The van der Waals surface area contributed by atoms with Crippen LogP contribution in [-0.4, -0.2) is 30.0 Å². The van der Waals surface area contributed by atoms with Crippen LogP contribution in [0.3, 0.4) is 0 Å². The van der Waals surface area contributed by atoms with Crippen LogP contribution in [0.1, 0.15) is 42.4 Å². The lowest BCUT2D eigenvalue weighted by Gasteiger charge is -2.36. The first kappa shape index (κ1) is 24.3. The molecule has 1 aliphatic heterocycles. The Hall–Kier alpha value is -2.84. The minimum Gasteiger partial charge on any atom is -0.496 e. The van der Waals surface area contributed by atoms with E-state index in [0.29, 0.717) is 6.42 Å². The summed E-state index contributed by atoms with van der Waals surface area (Å²) in [5.41, 5.74) is 3.53. The summed E-state index contributed by atoms with van der Waals surface area (Å²) in [6, 6.07) is 23.3. The maximum absolute atomic E-state index is 11.3. The SMILES string of the molecule is COc1ccccc1SCC1CC(c2ccc(CO)cc2)OC(c2ccc(NC(C)=O)cc2)O1. The molecule has 2 N–H and O–H groups in total. The highest BCUT2D eigenvalue weighted by Gasteiger charge is 2.32. The fourth-order valence-electron chi connectivity index (χ4n) is 3.87. The van der Waals surface area contributed by atoms with Gasteiger partial charge in [-0.05, 0) is 35.4 Å². The molecular weight excluding hydrogens is 450 g/mol. The molecule has 1 fully saturated rings. The molecule has 0 radical (unpaired) electrons. The van der Waals surface area contributed by atoms with Crippen molar-refractivity contribution in [3.63, 3.8) is 0 Å². The molecule has 178 valence electrons. The molecule has 1 saturated heterocycles. The molecule has 6 nitrogen and oxygen atoms in total. The Bertz CT molecular complexity index is 1090. The molecular formula is C27H29NO5S. The average molecular weight is 480 g/mol. The van der Waals surface area contributed by atoms with Crippen molar-refractivity contribution in [1.29, 1.82) is 0 Å². The number of nitrogens with one attached hydrogen (secondary N) is 1. The van der Waals surface area contributed by atoms with Crippen LogP contribution in [0.4, 0.5) is 5.69 Å². The van der Waals surface area contributed by atoms with Gasteiger partial charge in [-0.3, -0.25) is 4.79 Å². The van der Waals surface area contributed by atoms with Gasteiger partial charge in [-0.2, -0.15) is 0 Å². The highest BCUT2D eigenvalue weighted by atomic mass is 32.2. The number of benzene rings is 3. The van der Waals surface area contributed by atoms with Gasteiger partial charge >= 0.3 is 0 Å². The Kier molecular flexibility index (Phi) is 8.24. The zero-order valence-electron chi connectivity index (χ0n) is 19.3. The first-order valence-corrected chi connectivity index (χ1v) is 12.2. The summed E-state index contributed by atoms with van der Waals surface area (Å²) in [6.45, 7) is 1.49. The van der Waals surface area contributed by atoms with Crippen molar-refractivity contribution in [2.45, 2.75) is 43.3 Å². The van der Waals surface area contributed by atoms with Crippen LogP contribution in [0, 0.1) is 0 Å². The van der Waals surface area contributed by atoms with Crippen LogP contribution >= 0.6 is 11.8 Å². The van der Waals surface area contributed by atoms with Crippen molar-refractivity contribution in [3.8, 4) is 5.75 Å². The van der Waals surface area contributed by atoms with Gasteiger partial charge < -0.3 is 24.6 Å². The second-order valence-corrected chi connectivity index (χ2v) is 9.18. The van der Waals surface area contributed by atoms with Gasteiger partial charge in [-0.25, -0.2) is 0 Å². The number of thioether (sulfide) groups is 1. The lowest BCUT2D eigenvalue weighted by molar-refractivity contribution is -0.245. The second kappa shape index (κ2) is 11.5. The first-order valence-electron chi connectivity index (χ1n) is 11.2. The molecule has 7 heteroatoms. The van der Waals surface area contributed by atoms with E-state index in [1.807, 2.05) is 72.8 Å². The van der Waals surface area contributed by atoms with Crippen molar-refractivity contribution in [2.75, 3.05) is 18.2 Å². The number of amides is 1. The summed E-state index contributed by atoms with van der Waals surface area (Å²) in [6.07, 6.45) is -0.0249. The number of aliphatic hydroxyl groups is 1. The average Bonchev–Trinajstić information content (AvgIpc) is 2.87. The number of aliphatic hydroxyl groups excluding tert-OH is 1. The third-order valence-electron chi connectivity index (χ3n) is 5.61. The Balaban J connectivity index is 1.53. The monoisotopic (exact) mass is 479 g/mol. The Morgan fingerprint density at radius 3 is 2.41 bits per heavy atom. The van der Waals surface area contributed by atoms with E-state index >= 15 is 0 Å². The molecule has 4 rings (SSSR count). The van der Waals surface area contributed by atoms with E-state index in [0.717, 1.165) is 38.8 Å². The Morgan fingerprint density at radius 1 is 1.03 bits per heavy atom. The number of carbonyl (C=O) groups excluding carboxylic acids is 1. The normalized spacial score (nSPS) is 20.0. The van der Waals surface area contributed by atoms with Gasteiger partial charge in [0.2, 0.25) is 5.91 Å². The molecule has 0 aliphatic carbocycles. The molecule has 1 heterocycles. The van der Waals surface area contributed by atoms with Crippen LogP contribution in [-0.2, 0) is 20.9 Å². The molecule has 3 atom stereocenters. The van der Waals surface area contributed by atoms with Crippen molar-refractivity contribution < 1.29 is 24.1 Å². The van der Waals surface area contributed by atoms with Crippen LogP contribution in [0.5, 0.6) is 5.75 Å². The van der Waals surface area contributed by atoms with Crippen LogP contribution in [0.15, 0.2) is 77.7 Å². The Morgan fingerprint density at radius 2 is 1.74 bits per heavy atom. The first-order chi connectivity index (χ1) is 16.6. The predicted octanol–water partition coefficient (Wildman–Crippen LogP) is 5.48. The number of para-hydroxylation sites is 1. The molecule has 34 heavy (non-hydrogen) atoms. The second-order valence-electron chi connectivity index (χ2n) is 8.12. The number of ether oxygens (including phenoxy) is 3. The van der Waals surface area contributed by atoms with Crippen LogP contribution in [0.2, 0.25) is 0 Å². The smallest absolute Gasteiger partial charge is 0.221 e. The van der Waals surface area contributed by atoms with E-state index in [1.165, 1.54) is 6.92 Å². The number of hydrogen-bond donors (Lipinski definition) is 2. The maximum Gasteiger partial charge on any atom is 0.221 e. The number of methoxy groups -OCH3 is 1. The van der Waals surface area contributed by atoms with Gasteiger partial charge in [0.15, 0.2) is 6.29 Å². The molecule has 1 amide bonds. The van der Waals surface area contributed by atoms with Crippen molar-refractivity contribution in [2.24, 2.45) is 0 Å². The zero-order chi connectivity index (χ0) is 23.9. The summed E-state index contributed by atoms with van der Waals surface area (Å²) in [7, 11) is 1.68. The summed E-state index contributed by atoms with van der Waals surface area (Å²) < 4.78 is 18.2. The van der Waals surface area contributed by atoms with Crippen molar-refractivity contribution in [1.82, 2.24) is 0 Å². The molecule has 3 aromatic carbocycles. The van der Waals surface area contributed by atoms with Gasteiger partial charge in [0.05, 0.1) is 25.9 Å². The van der Waals surface area contributed by atoms with Crippen LogP contribution < -0.4 is 10.1 Å². The highest BCUT2D eigenvalue weighted by molar-refractivity contribution is 7.99. The summed E-state index contributed by atoms with van der Waals surface area (Å²) in [5, 5.41) is 12.2. The maximum atomic E-state index is 11.3. The summed E-state index contributed by atoms with van der Waals surface area (Å²) in [5.74, 6) is 1.48. The number of carbonyl (C=O) groups is 1. The zero-order valence-corrected chi connectivity index (χ0v) is 20.1. The largest absolute Gasteiger partial charge is 0.496 e. The van der Waals surface area contributed by atoms with Gasteiger partial charge in [0, 0.05) is 35.2 Å². The molecule has 0 spiro atoms. The number of rotatable bonds is 8. The van der Waals surface area contributed by atoms with Gasteiger partial charge in [0.1, 0.15) is 5.75 Å². The molecule has 0 aromatic heterocycles. The lowest BCUT2D eigenvalue weighted by atomic mass is 10.0. The Labute approximate surface area is 204 Å².